The maximum absolute atomic E-state index is 12.9. The first-order valence-electron chi connectivity index (χ1n) is 8.42. The zero-order chi connectivity index (χ0) is 21.6. The van der Waals surface area contributed by atoms with Gasteiger partial charge in [-0.3, -0.25) is 9.59 Å². The van der Waals surface area contributed by atoms with Crippen molar-refractivity contribution in [1.82, 2.24) is 4.72 Å². The Hall–Kier alpha value is -3.29. The topological polar surface area (TPSA) is 125 Å². The minimum absolute atomic E-state index is 0.221. The van der Waals surface area contributed by atoms with Gasteiger partial charge in [0.25, 0.3) is 5.91 Å². The summed E-state index contributed by atoms with van der Waals surface area (Å²) in [5, 5.41) is 11.4. The van der Waals surface area contributed by atoms with E-state index in [0.717, 1.165) is 24.3 Å². The van der Waals surface area contributed by atoms with E-state index in [-0.39, 0.29) is 4.90 Å². The van der Waals surface area contributed by atoms with Gasteiger partial charge >= 0.3 is 5.97 Å². The zero-order valence-corrected chi connectivity index (χ0v) is 16.4. The van der Waals surface area contributed by atoms with Gasteiger partial charge in [-0.15, -0.1) is 0 Å². The van der Waals surface area contributed by atoms with Crippen molar-refractivity contribution < 1.29 is 27.1 Å². The molecule has 2 aromatic carbocycles. The van der Waals surface area contributed by atoms with E-state index < -0.39 is 39.9 Å². The van der Waals surface area contributed by atoms with Crippen molar-refractivity contribution in [2.45, 2.75) is 30.9 Å². The highest BCUT2D eigenvalue weighted by Gasteiger charge is 2.26. The van der Waals surface area contributed by atoms with Crippen LogP contribution in [0.1, 0.15) is 19.4 Å². The SMILES string of the molecule is C[C@@H](NS(=O)(=O)c1ccc(F)cc1)C(=O)O[C@H](C)C(=O)Nc1cccc(C#N)c1. The van der Waals surface area contributed by atoms with Crippen molar-refractivity contribution in [2.75, 3.05) is 5.32 Å². The molecule has 8 nitrogen and oxygen atoms in total. The van der Waals surface area contributed by atoms with Crippen LogP contribution < -0.4 is 10.0 Å². The Kier molecular flexibility index (Phi) is 7.03. The maximum Gasteiger partial charge on any atom is 0.324 e. The standard InChI is InChI=1S/C19H18FN3O5S/c1-12(23-29(26,27)17-8-6-15(20)7-9-17)19(25)28-13(2)18(24)22-16-5-3-4-14(10-16)11-21/h3-10,12-13,23H,1-2H3,(H,22,24)/t12-,13-/m1/s1. The third kappa shape index (κ3) is 6.10. The lowest BCUT2D eigenvalue weighted by Crippen LogP contribution is -2.42. The van der Waals surface area contributed by atoms with E-state index in [1.165, 1.54) is 19.9 Å². The smallest absolute Gasteiger partial charge is 0.324 e. The number of carbonyl (C=O) groups excluding carboxylic acids is 2. The highest BCUT2D eigenvalue weighted by atomic mass is 32.2. The first-order valence-corrected chi connectivity index (χ1v) is 9.90. The van der Waals surface area contributed by atoms with Crippen LogP contribution in [0.3, 0.4) is 0 Å². The van der Waals surface area contributed by atoms with E-state index in [1.807, 2.05) is 6.07 Å². The van der Waals surface area contributed by atoms with Crippen molar-refractivity contribution in [2.24, 2.45) is 0 Å². The van der Waals surface area contributed by atoms with Crippen LogP contribution in [-0.2, 0) is 24.3 Å². The number of ether oxygens (including phenoxy) is 1. The molecule has 2 atom stereocenters. The van der Waals surface area contributed by atoms with E-state index >= 15 is 0 Å². The summed E-state index contributed by atoms with van der Waals surface area (Å²) in [4.78, 5) is 24.1. The van der Waals surface area contributed by atoms with Gasteiger partial charge in [-0.25, -0.2) is 12.8 Å². The summed E-state index contributed by atoms with van der Waals surface area (Å²) in [7, 11) is -4.08. The van der Waals surface area contributed by atoms with Crippen LogP contribution in [0.25, 0.3) is 0 Å². The summed E-state index contributed by atoms with van der Waals surface area (Å²) in [5.74, 6) is -2.22. The molecule has 0 saturated carbocycles. The number of carbonyl (C=O) groups is 2. The van der Waals surface area contributed by atoms with E-state index in [9.17, 15) is 22.4 Å². The number of benzene rings is 2. The molecule has 2 rings (SSSR count). The highest BCUT2D eigenvalue weighted by Crippen LogP contribution is 2.12. The Labute approximate surface area is 167 Å². The highest BCUT2D eigenvalue weighted by molar-refractivity contribution is 7.89. The molecule has 29 heavy (non-hydrogen) atoms. The van der Waals surface area contributed by atoms with Gasteiger partial charge in [0.2, 0.25) is 10.0 Å². The van der Waals surface area contributed by atoms with Crippen molar-refractivity contribution in [1.29, 1.82) is 5.26 Å². The number of nitriles is 1. The van der Waals surface area contributed by atoms with Crippen LogP contribution in [0, 0.1) is 17.1 Å². The molecule has 2 aromatic rings. The zero-order valence-electron chi connectivity index (χ0n) is 15.5. The number of sulfonamides is 1. The Bertz CT molecular complexity index is 1050. The molecule has 2 N–H and O–H groups in total. The summed E-state index contributed by atoms with van der Waals surface area (Å²) in [5.41, 5.74) is 0.693. The minimum atomic E-state index is -4.08. The second-order valence-electron chi connectivity index (χ2n) is 6.06. The third-order valence-corrected chi connectivity index (χ3v) is 5.29. The molecule has 0 fully saturated rings. The molecule has 0 radical (unpaired) electrons. The number of hydrogen-bond acceptors (Lipinski definition) is 6. The van der Waals surface area contributed by atoms with Crippen molar-refractivity contribution >= 4 is 27.6 Å². The lowest BCUT2D eigenvalue weighted by molar-refractivity contribution is -0.154. The average Bonchev–Trinajstić information content (AvgIpc) is 2.67. The molecule has 0 bridgehead atoms. The minimum Gasteiger partial charge on any atom is -0.451 e. The van der Waals surface area contributed by atoms with Gasteiger partial charge in [0, 0.05) is 5.69 Å². The predicted octanol–water partition coefficient (Wildman–Crippen LogP) is 1.93. The predicted molar refractivity (Wildman–Crippen MR) is 102 cm³/mol. The van der Waals surface area contributed by atoms with Gasteiger partial charge in [0.1, 0.15) is 11.9 Å². The summed E-state index contributed by atoms with van der Waals surface area (Å²) in [6.45, 7) is 2.58. The second kappa shape index (κ2) is 9.27. The fraction of sp³-hybridized carbons (Fsp3) is 0.211. The van der Waals surface area contributed by atoms with Gasteiger partial charge in [-0.2, -0.15) is 9.98 Å². The molecule has 0 aromatic heterocycles. The quantitative estimate of drug-likeness (QED) is 0.661. The summed E-state index contributed by atoms with van der Waals surface area (Å²) in [6.07, 6.45) is -1.22. The molecule has 10 heteroatoms. The molecule has 0 spiro atoms. The van der Waals surface area contributed by atoms with Gasteiger partial charge in [0.05, 0.1) is 16.5 Å². The largest absolute Gasteiger partial charge is 0.451 e. The molecule has 152 valence electrons. The number of nitrogens with one attached hydrogen (secondary N) is 2. The molecule has 0 aliphatic carbocycles. The van der Waals surface area contributed by atoms with Crippen molar-refractivity contribution in [3.05, 3.63) is 59.9 Å². The number of amides is 1. The van der Waals surface area contributed by atoms with E-state index in [0.29, 0.717) is 11.3 Å². The maximum atomic E-state index is 12.9. The van der Waals surface area contributed by atoms with Crippen molar-refractivity contribution in [3.8, 4) is 6.07 Å². The van der Waals surface area contributed by atoms with Crippen molar-refractivity contribution in [3.63, 3.8) is 0 Å². The van der Waals surface area contributed by atoms with E-state index in [1.54, 1.807) is 18.2 Å². The molecular formula is C19H18FN3O5S. The number of esters is 1. The number of hydrogen-bond donors (Lipinski definition) is 2. The lowest BCUT2D eigenvalue weighted by Gasteiger charge is -2.17. The van der Waals surface area contributed by atoms with Gasteiger partial charge in [-0.1, -0.05) is 6.07 Å². The van der Waals surface area contributed by atoms with E-state index in [4.69, 9.17) is 10.00 Å². The Balaban J connectivity index is 1.96. The molecule has 0 saturated heterocycles. The summed E-state index contributed by atoms with van der Waals surface area (Å²) in [6, 6.07) is 10.9. The Morgan fingerprint density at radius 1 is 1.14 bits per heavy atom. The average molecular weight is 419 g/mol. The molecular weight excluding hydrogens is 401 g/mol. The van der Waals surface area contributed by atoms with E-state index in [2.05, 4.69) is 10.0 Å². The molecule has 0 unspecified atom stereocenters. The summed E-state index contributed by atoms with van der Waals surface area (Å²) < 4.78 is 44.5. The Morgan fingerprint density at radius 3 is 2.41 bits per heavy atom. The molecule has 1 amide bonds. The molecule has 0 aliphatic rings. The lowest BCUT2D eigenvalue weighted by atomic mass is 10.2. The first-order chi connectivity index (χ1) is 13.6. The monoisotopic (exact) mass is 419 g/mol. The van der Waals surface area contributed by atoms with Crippen LogP contribution in [0.5, 0.6) is 0 Å². The number of nitrogens with zero attached hydrogens (tertiary/aromatic N) is 1. The summed E-state index contributed by atoms with van der Waals surface area (Å²) >= 11 is 0. The number of halogens is 1. The fourth-order valence-corrected chi connectivity index (χ4v) is 3.39. The number of anilines is 1. The molecule has 0 heterocycles. The third-order valence-electron chi connectivity index (χ3n) is 3.73. The van der Waals surface area contributed by atoms with Crippen LogP contribution >= 0.6 is 0 Å². The fourth-order valence-electron chi connectivity index (χ4n) is 2.20. The second-order valence-corrected chi connectivity index (χ2v) is 7.77. The Morgan fingerprint density at radius 2 is 1.79 bits per heavy atom. The van der Waals surface area contributed by atoms with Crippen LogP contribution in [-0.4, -0.2) is 32.4 Å². The van der Waals surface area contributed by atoms with Crippen LogP contribution in [0.15, 0.2) is 53.4 Å². The normalized spacial score (nSPS) is 13.0. The van der Waals surface area contributed by atoms with Gasteiger partial charge < -0.3 is 10.1 Å². The first kappa shape index (κ1) is 22.0. The van der Waals surface area contributed by atoms with Crippen LogP contribution in [0.4, 0.5) is 10.1 Å². The molecule has 0 aliphatic heterocycles. The van der Waals surface area contributed by atoms with Crippen LogP contribution in [0.2, 0.25) is 0 Å². The number of rotatable bonds is 7. The van der Waals surface area contributed by atoms with Gasteiger partial charge in [0.15, 0.2) is 6.10 Å². The van der Waals surface area contributed by atoms with Gasteiger partial charge in [-0.05, 0) is 56.3 Å².